The van der Waals surface area contributed by atoms with Crippen LogP contribution in [0.1, 0.15) is 96.7 Å². The van der Waals surface area contributed by atoms with E-state index in [1.165, 1.54) is 51.4 Å². The molecule has 25 heavy (non-hydrogen) atoms. The summed E-state index contributed by atoms with van der Waals surface area (Å²) in [5, 5.41) is 5.00. The van der Waals surface area contributed by atoms with E-state index in [1.54, 1.807) is 0 Å². The van der Waals surface area contributed by atoms with Gasteiger partial charge in [0.05, 0.1) is 5.54 Å². The molecule has 1 aliphatic heterocycles. The number of hydrogen-bond acceptors (Lipinski definition) is 3. The molecule has 0 saturated heterocycles. The summed E-state index contributed by atoms with van der Waals surface area (Å²) in [5.74, 6) is 2.80. The standard InChI is InChI=1S/C20H32N4O/c1-4-17(25)23-16-11-7-6-10-15(16)20(12-8-5-9-13-20)24-19(23)21-18(22-24)14(2)3/h14-16H,4-13H2,1-3H3/t15-,16+/m1/s1. The van der Waals surface area contributed by atoms with Gasteiger partial charge < -0.3 is 0 Å². The predicted molar refractivity (Wildman–Crippen MR) is 98.7 cm³/mol. The van der Waals surface area contributed by atoms with Crippen molar-refractivity contribution in [3.63, 3.8) is 0 Å². The predicted octanol–water partition coefficient (Wildman–Crippen LogP) is 4.38. The van der Waals surface area contributed by atoms with Crippen molar-refractivity contribution in [2.24, 2.45) is 5.92 Å². The molecule has 2 aliphatic carbocycles. The zero-order valence-corrected chi connectivity index (χ0v) is 16.0. The zero-order valence-electron chi connectivity index (χ0n) is 16.0. The molecule has 0 bridgehead atoms. The Morgan fingerprint density at radius 2 is 1.88 bits per heavy atom. The second-order valence-corrected chi connectivity index (χ2v) is 8.58. The van der Waals surface area contributed by atoms with Gasteiger partial charge in [0.25, 0.3) is 0 Å². The summed E-state index contributed by atoms with van der Waals surface area (Å²) in [6, 6.07) is 0.330. The SMILES string of the molecule is CCC(=O)N1c2nc(C(C)C)nn2C2(CCCCC2)[C@@H]2CCCC[C@@H]21. The van der Waals surface area contributed by atoms with E-state index >= 15 is 0 Å². The van der Waals surface area contributed by atoms with Crippen LogP contribution in [0, 0.1) is 5.92 Å². The summed E-state index contributed by atoms with van der Waals surface area (Å²) in [4.78, 5) is 19.8. The van der Waals surface area contributed by atoms with E-state index in [9.17, 15) is 4.79 Å². The van der Waals surface area contributed by atoms with Crippen molar-refractivity contribution in [1.29, 1.82) is 0 Å². The van der Waals surface area contributed by atoms with Crippen molar-refractivity contribution >= 4 is 11.9 Å². The highest BCUT2D eigenvalue weighted by Crippen LogP contribution is 2.52. The van der Waals surface area contributed by atoms with E-state index in [0.29, 0.717) is 24.3 Å². The van der Waals surface area contributed by atoms with Gasteiger partial charge in [0.15, 0.2) is 5.82 Å². The third-order valence-corrected chi connectivity index (χ3v) is 6.80. The lowest BCUT2D eigenvalue weighted by molar-refractivity contribution is -0.120. The number of fused-ring (bicyclic) bond motifs is 4. The summed E-state index contributed by atoms with van der Waals surface area (Å²) in [6.45, 7) is 6.26. The molecule has 4 rings (SSSR count). The summed E-state index contributed by atoms with van der Waals surface area (Å²) in [5.41, 5.74) is 0.101. The molecular weight excluding hydrogens is 312 g/mol. The van der Waals surface area contributed by atoms with Crippen LogP contribution in [-0.2, 0) is 10.3 Å². The van der Waals surface area contributed by atoms with Gasteiger partial charge in [0.2, 0.25) is 11.9 Å². The molecule has 0 aromatic carbocycles. The van der Waals surface area contributed by atoms with E-state index < -0.39 is 0 Å². The van der Waals surface area contributed by atoms with Crippen LogP contribution >= 0.6 is 0 Å². The number of carbonyl (C=O) groups excluding carboxylic acids is 1. The monoisotopic (exact) mass is 344 g/mol. The van der Waals surface area contributed by atoms with Gasteiger partial charge >= 0.3 is 0 Å². The molecule has 0 N–H and O–H groups in total. The maximum Gasteiger partial charge on any atom is 0.231 e. The van der Waals surface area contributed by atoms with E-state index in [4.69, 9.17) is 10.1 Å². The summed E-state index contributed by atoms with van der Waals surface area (Å²) >= 11 is 0. The molecular formula is C20H32N4O. The number of rotatable bonds is 2. The van der Waals surface area contributed by atoms with Crippen molar-refractivity contribution in [1.82, 2.24) is 14.8 Å². The van der Waals surface area contributed by atoms with Crippen molar-refractivity contribution < 1.29 is 4.79 Å². The van der Waals surface area contributed by atoms with Gasteiger partial charge in [-0.3, -0.25) is 9.69 Å². The Morgan fingerprint density at radius 1 is 1.16 bits per heavy atom. The fraction of sp³-hybridized carbons (Fsp3) is 0.850. The Hall–Kier alpha value is -1.39. The first-order valence-electron chi connectivity index (χ1n) is 10.4. The molecule has 1 aromatic rings. The second-order valence-electron chi connectivity index (χ2n) is 8.58. The molecule has 2 heterocycles. The van der Waals surface area contributed by atoms with Gasteiger partial charge in [-0.2, -0.15) is 10.1 Å². The highest BCUT2D eigenvalue weighted by Gasteiger charge is 2.54. The summed E-state index contributed by atoms with van der Waals surface area (Å²) < 4.78 is 2.22. The van der Waals surface area contributed by atoms with Gasteiger partial charge in [0.1, 0.15) is 0 Å². The highest BCUT2D eigenvalue weighted by molar-refractivity contribution is 5.92. The van der Waals surface area contributed by atoms with E-state index in [2.05, 4.69) is 18.5 Å². The fourth-order valence-electron chi connectivity index (χ4n) is 5.58. The minimum Gasteiger partial charge on any atom is -0.277 e. The molecule has 0 unspecified atom stereocenters. The summed E-state index contributed by atoms with van der Waals surface area (Å²) in [7, 11) is 0. The third-order valence-electron chi connectivity index (χ3n) is 6.80. The molecule has 1 spiro atoms. The van der Waals surface area contributed by atoms with Crippen molar-refractivity contribution in [3.8, 4) is 0 Å². The maximum atomic E-state index is 12.9. The van der Waals surface area contributed by atoms with Crippen LogP contribution in [0.15, 0.2) is 0 Å². The lowest BCUT2D eigenvalue weighted by atomic mass is 9.64. The molecule has 1 aromatic heterocycles. The molecule has 1 amide bonds. The van der Waals surface area contributed by atoms with Crippen LogP contribution in [0.3, 0.4) is 0 Å². The lowest BCUT2D eigenvalue weighted by Crippen LogP contribution is -2.61. The minimum absolute atomic E-state index is 0.101. The lowest BCUT2D eigenvalue weighted by Gasteiger charge is -2.55. The number of nitrogens with zero attached hydrogens (tertiary/aromatic N) is 4. The average Bonchev–Trinajstić information content (AvgIpc) is 3.09. The van der Waals surface area contributed by atoms with Gasteiger partial charge in [0, 0.05) is 24.3 Å². The van der Waals surface area contributed by atoms with Gasteiger partial charge in [-0.15, -0.1) is 0 Å². The van der Waals surface area contributed by atoms with Gasteiger partial charge in [-0.05, 0) is 25.7 Å². The Labute approximate surface area is 151 Å². The molecule has 138 valence electrons. The van der Waals surface area contributed by atoms with Crippen LogP contribution in [0.2, 0.25) is 0 Å². The average molecular weight is 345 g/mol. The number of hydrogen-bond donors (Lipinski definition) is 0. The first kappa shape index (κ1) is 17.0. The number of carbonyl (C=O) groups is 1. The van der Waals surface area contributed by atoms with Crippen LogP contribution in [0.5, 0.6) is 0 Å². The molecule has 2 atom stereocenters. The van der Waals surface area contributed by atoms with Crippen molar-refractivity contribution in [3.05, 3.63) is 5.82 Å². The smallest absolute Gasteiger partial charge is 0.231 e. The van der Waals surface area contributed by atoms with Crippen LogP contribution in [0.4, 0.5) is 5.95 Å². The maximum absolute atomic E-state index is 12.9. The van der Waals surface area contributed by atoms with E-state index in [1.807, 2.05) is 11.8 Å². The molecule has 3 aliphatic rings. The van der Waals surface area contributed by atoms with Crippen LogP contribution in [0.25, 0.3) is 0 Å². The molecule has 5 nitrogen and oxygen atoms in total. The topological polar surface area (TPSA) is 51.0 Å². The summed E-state index contributed by atoms with van der Waals surface area (Å²) in [6.07, 6.45) is 11.7. The Bertz CT molecular complexity index is 644. The van der Waals surface area contributed by atoms with E-state index in [-0.39, 0.29) is 11.4 Å². The number of amides is 1. The Balaban J connectivity index is 1.89. The molecule has 2 saturated carbocycles. The Kier molecular flexibility index (Phi) is 4.37. The molecule has 0 radical (unpaired) electrons. The van der Waals surface area contributed by atoms with E-state index in [0.717, 1.165) is 18.2 Å². The zero-order chi connectivity index (χ0) is 17.6. The second kappa shape index (κ2) is 6.40. The normalized spacial score (nSPS) is 28.1. The fourth-order valence-corrected chi connectivity index (χ4v) is 5.58. The molecule has 5 heteroatoms. The van der Waals surface area contributed by atoms with Crippen LogP contribution in [-0.4, -0.2) is 26.7 Å². The number of anilines is 1. The highest BCUT2D eigenvalue weighted by atomic mass is 16.2. The number of aromatic nitrogens is 3. The van der Waals surface area contributed by atoms with Gasteiger partial charge in [-0.1, -0.05) is 52.9 Å². The van der Waals surface area contributed by atoms with Crippen molar-refractivity contribution in [2.45, 2.75) is 102 Å². The Morgan fingerprint density at radius 3 is 2.56 bits per heavy atom. The third kappa shape index (κ3) is 2.53. The first-order chi connectivity index (χ1) is 12.1. The van der Waals surface area contributed by atoms with Gasteiger partial charge in [-0.25, -0.2) is 4.68 Å². The van der Waals surface area contributed by atoms with Crippen LogP contribution < -0.4 is 4.90 Å². The van der Waals surface area contributed by atoms with Crippen molar-refractivity contribution in [2.75, 3.05) is 4.90 Å². The first-order valence-corrected chi connectivity index (χ1v) is 10.4. The minimum atomic E-state index is 0.101. The largest absolute Gasteiger partial charge is 0.277 e. The quantitative estimate of drug-likeness (QED) is 0.800. The molecule has 2 fully saturated rings.